The highest BCUT2D eigenvalue weighted by atomic mass is 79.9. The molecule has 0 spiro atoms. The lowest BCUT2D eigenvalue weighted by molar-refractivity contribution is -0.116. The number of amides is 1. The second-order valence-corrected chi connectivity index (χ2v) is 5.91. The fraction of sp³-hybridized carbons (Fsp3) is 0.0769. The minimum absolute atomic E-state index is 0.172. The Hall–Kier alpha value is -1.17. The molecule has 1 heterocycles. The van der Waals surface area contributed by atoms with Crippen LogP contribution in [0.15, 0.2) is 40.3 Å². The van der Waals surface area contributed by atoms with Gasteiger partial charge in [-0.1, -0.05) is 33.6 Å². The smallest absolute Gasteiger partial charge is 0.244 e. The average molecular weight is 358 g/mol. The van der Waals surface area contributed by atoms with Crippen LogP contribution in [0, 0.1) is 0 Å². The Labute approximate surface area is 128 Å². The Bertz CT molecular complexity index is 599. The molecular formula is C13H10BrClN2OS. The standard InChI is InChI=1S/C13H10BrClN2OS/c14-10-2-1-9(11(15)7-10)8-17-12(18)3-4-13-16-5-6-19-13/h1-7H,8H2,(H,17,18)/b4-3+. The van der Waals surface area contributed by atoms with Crippen LogP contribution in [-0.2, 0) is 11.3 Å². The summed E-state index contributed by atoms with van der Waals surface area (Å²) in [4.78, 5) is 15.7. The van der Waals surface area contributed by atoms with E-state index in [1.54, 1.807) is 18.3 Å². The third-order valence-corrected chi connectivity index (χ3v) is 3.88. The Morgan fingerprint density at radius 1 is 1.53 bits per heavy atom. The summed E-state index contributed by atoms with van der Waals surface area (Å²) in [7, 11) is 0. The van der Waals surface area contributed by atoms with Crippen LogP contribution in [0.2, 0.25) is 5.02 Å². The molecule has 2 aromatic rings. The van der Waals surface area contributed by atoms with Crippen LogP contribution < -0.4 is 5.32 Å². The monoisotopic (exact) mass is 356 g/mol. The third-order valence-electron chi connectivity index (χ3n) is 2.30. The molecule has 0 bridgehead atoms. The van der Waals surface area contributed by atoms with E-state index < -0.39 is 0 Å². The van der Waals surface area contributed by atoms with E-state index in [1.807, 2.05) is 17.5 Å². The normalized spacial score (nSPS) is 10.8. The molecular weight excluding hydrogens is 348 g/mol. The molecule has 3 nitrogen and oxygen atoms in total. The minimum atomic E-state index is -0.172. The molecule has 1 aromatic heterocycles. The van der Waals surface area contributed by atoms with Crippen molar-refractivity contribution in [2.75, 3.05) is 0 Å². The van der Waals surface area contributed by atoms with E-state index in [0.29, 0.717) is 11.6 Å². The summed E-state index contributed by atoms with van der Waals surface area (Å²) in [6.07, 6.45) is 4.85. The number of carbonyl (C=O) groups excluding carboxylic acids is 1. The molecule has 1 N–H and O–H groups in total. The number of thiazole rings is 1. The highest BCUT2D eigenvalue weighted by Gasteiger charge is 2.02. The van der Waals surface area contributed by atoms with Gasteiger partial charge in [0.25, 0.3) is 0 Å². The highest BCUT2D eigenvalue weighted by molar-refractivity contribution is 9.10. The van der Waals surface area contributed by atoms with Gasteiger partial charge in [-0.05, 0) is 23.8 Å². The quantitative estimate of drug-likeness (QED) is 0.844. The number of hydrogen-bond donors (Lipinski definition) is 1. The first kappa shape index (κ1) is 14.2. The molecule has 19 heavy (non-hydrogen) atoms. The van der Waals surface area contributed by atoms with Crippen molar-refractivity contribution < 1.29 is 4.79 Å². The highest BCUT2D eigenvalue weighted by Crippen LogP contribution is 2.21. The second-order valence-electron chi connectivity index (χ2n) is 3.66. The van der Waals surface area contributed by atoms with Crippen molar-refractivity contribution in [2.45, 2.75) is 6.54 Å². The van der Waals surface area contributed by atoms with Gasteiger partial charge in [0, 0.05) is 33.7 Å². The van der Waals surface area contributed by atoms with Crippen molar-refractivity contribution in [3.63, 3.8) is 0 Å². The van der Waals surface area contributed by atoms with Gasteiger partial charge in [0.15, 0.2) is 0 Å². The van der Waals surface area contributed by atoms with Gasteiger partial charge in [0.1, 0.15) is 5.01 Å². The van der Waals surface area contributed by atoms with Crippen molar-refractivity contribution in [3.8, 4) is 0 Å². The fourth-order valence-electron chi connectivity index (χ4n) is 1.37. The number of aromatic nitrogens is 1. The summed E-state index contributed by atoms with van der Waals surface area (Å²) in [5.74, 6) is -0.172. The van der Waals surface area contributed by atoms with Crippen LogP contribution in [-0.4, -0.2) is 10.9 Å². The van der Waals surface area contributed by atoms with E-state index in [1.165, 1.54) is 17.4 Å². The van der Waals surface area contributed by atoms with Gasteiger partial charge in [-0.2, -0.15) is 0 Å². The van der Waals surface area contributed by atoms with Crippen molar-refractivity contribution in [1.29, 1.82) is 0 Å². The fourth-order valence-corrected chi connectivity index (χ4v) is 2.64. The van der Waals surface area contributed by atoms with E-state index in [-0.39, 0.29) is 5.91 Å². The molecule has 0 radical (unpaired) electrons. The lowest BCUT2D eigenvalue weighted by atomic mass is 10.2. The van der Waals surface area contributed by atoms with Crippen LogP contribution in [0.4, 0.5) is 0 Å². The first-order valence-corrected chi connectivity index (χ1v) is 7.49. The molecule has 1 amide bonds. The maximum absolute atomic E-state index is 11.6. The molecule has 0 fully saturated rings. The minimum Gasteiger partial charge on any atom is -0.348 e. The molecule has 0 aliphatic carbocycles. The Morgan fingerprint density at radius 3 is 3.05 bits per heavy atom. The molecule has 98 valence electrons. The van der Waals surface area contributed by atoms with E-state index in [4.69, 9.17) is 11.6 Å². The van der Waals surface area contributed by atoms with Gasteiger partial charge in [0.2, 0.25) is 5.91 Å². The van der Waals surface area contributed by atoms with E-state index in [2.05, 4.69) is 26.2 Å². The first-order valence-electron chi connectivity index (χ1n) is 5.44. The largest absolute Gasteiger partial charge is 0.348 e. The Balaban J connectivity index is 1.90. The molecule has 0 saturated heterocycles. The predicted octanol–water partition coefficient (Wildman–Crippen LogP) is 3.89. The molecule has 0 atom stereocenters. The number of benzene rings is 1. The molecule has 0 unspecified atom stereocenters. The lowest BCUT2D eigenvalue weighted by Gasteiger charge is -2.05. The van der Waals surface area contributed by atoms with Crippen LogP contribution in [0.25, 0.3) is 6.08 Å². The zero-order valence-corrected chi connectivity index (χ0v) is 12.9. The second kappa shape index (κ2) is 6.84. The van der Waals surface area contributed by atoms with Gasteiger partial charge in [0.05, 0.1) is 0 Å². The molecule has 6 heteroatoms. The van der Waals surface area contributed by atoms with Gasteiger partial charge in [-0.25, -0.2) is 4.98 Å². The van der Waals surface area contributed by atoms with Gasteiger partial charge < -0.3 is 5.32 Å². The zero-order valence-electron chi connectivity index (χ0n) is 9.77. The topological polar surface area (TPSA) is 42.0 Å². The number of carbonyl (C=O) groups is 1. The van der Waals surface area contributed by atoms with Crippen LogP contribution in [0.5, 0.6) is 0 Å². The Kier molecular flexibility index (Phi) is 5.13. The lowest BCUT2D eigenvalue weighted by Crippen LogP contribution is -2.20. The van der Waals surface area contributed by atoms with Gasteiger partial charge in [-0.3, -0.25) is 4.79 Å². The van der Waals surface area contributed by atoms with E-state index in [9.17, 15) is 4.79 Å². The summed E-state index contributed by atoms with van der Waals surface area (Å²) >= 11 is 10.9. The molecule has 0 aliphatic rings. The predicted molar refractivity (Wildman–Crippen MR) is 82.1 cm³/mol. The average Bonchev–Trinajstić information content (AvgIpc) is 2.88. The van der Waals surface area contributed by atoms with Crippen LogP contribution in [0.1, 0.15) is 10.6 Å². The number of halogens is 2. The van der Waals surface area contributed by atoms with Gasteiger partial charge >= 0.3 is 0 Å². The summed E-state index contributed by atoms with van der Waals surface area (Å²) in [5, 5.41) is 6.06. The number of nitrogens with zero attached hydrogens (tertiary/aromatic N) is 1. The summed E-state index contributed by atoms with van der Waals surface area (Å²) < 4.78 is 0.913. The van der Waals surface area contributed by atoms with Crippen molar-refractivity contribution in [1.82, 2.24) is 10.3 Å². The molecule has 2 rings (SSSR count). The number of rotatable bonds is 4. The summed E-state index contributed by atoms with van der Waals surface area (Å²) in [6, 6.07) is 5.56. The van der Waals surface area contributed by atoms with Crippen molar-refractivity contribution in [2.24, 2.45) is 0 Å². The Morgan fingerprint density at radius 2 is 2.37 bits per heavy atom. The van der Waals surface area contributed by atoms with Crippen molar-refractivity contribution in [3.05, 3.63) is 55.9 Å². The third kappa shape index (κ3) is 4.45. The summed E-state index contributed by atoms with van der Waals surface area (Å²) in [5.41, 5.74) is 0.876. The molecule has 0 aliphatic heterocycles. The van der Waals surface area contributed by atoms with Gasteiger partial charge in [-0.15, -0.1) is 11.3 Å². The zero-order chi connectivity index (χ0) is 13.7. The number of nitrogens with one attached hydrogen (secondary N) is 1. The van der Waals surface area contributed by atoms with Crippen LogP contribution >= 0.6 is 38.9 Å². The maximum atomic E-state index is 11.6. The van der Waals surface area contributed by atoms with Crippen molar-refractivity contribution >= 4 is 50.9 Å². The first-order chi connectivity index (χ1) is 9.15. The van der Waals surface area contributed by atoms with E-state index in [0.717, 1.165) is 15.0 Å². The molecule has 0 saturated carbocycles. The van der Waals surface area contributed by atoms with Crippen LogP contribution in [0.3, 0.4) is 0 Å². The van der Waals surface area contributed by atoms with E-state index >= 15 is 0 Å². The maximum Gasteiger partial charge on any atom is 0.244 e. The summed E-state index contributed by atoms with van der Waals surface area (Å²) in [6.45, 7) is 0.396. The molecule has 1 aromatic carbocycles. The SMILES string of the molecule is O=C(/C=C/c1nccs1)NCc1ccc(Br)cc1Cl. The number of hydrogen-bond acceptors (Lipinski definition) is 3.